The molecule has 7 heteroatoms. The average Bonchev–Trinajstić information content (AvgIpc) is 2.83. The lowest BCUT2D eigenvalue weighted by Gasteiger charge is -2.10. The molecule has 0 saturated carbocycles. The summed E-state index contributed by atoms with van der Waals surface area (Å²) in [6.45, 7) is 0.0918. The minimum Gasteiger partial charge on any atom is -0.337 e. The number of hydrogen-bond donors (Lipinski definition) is 0. The highest BCUT2D eigenvalue weighted by atomic mass is 35.5. The monoisotopic (exact) mass is 346 g/mol. The fourth-order valence-electron chi connectivity index (χ4n) is 2.71. The number of rotatable bonds is 2. The summed E-state index contributed by atoms with van der Waals surface area (Å²) in [6, 6.07) is 5.85. The second-order valence-corrected chi connectivity index (χ2v) is 5.77. The molecule has 0 unspecified atom stereocenters. The zero-order valence-electron chi connectivity index (χ0n) is 12.4. The van der Waals surface area contributed by atoms with Crippen molar-refractivity contribution in [1.82, 2.24) is 4.90 Å². The van der Waals surface area contributed by atoms with Crippen molar-refractivity contribution >= 4 is 23.3 Å². The molecule has 0 fully saturated rings. The van der Waals surface area contributed by atoms with Gasteiger partial charge in [0.15, 0.2) is 5.78 Å². The Morgan fingerprint density at radius 1 is 1.33 bits per heavy atom. The van der Waals surface area contributed by atoms with Crippen LogP contribution < -0.4 is 0 Å². The first-order valence-electron chi connectivity index (χ1n) is 6.85. The molecular formula is C17H9ClF2N2O2. The van der Waals surface area contributed by atoms with Gasteiger partial charge < -0.3 is 4.90 Å². The molecule has 0 aromatic heterocycles. The van der Waals surface area contributed by atoms with E-state index in [0.717, 1.165) is 18.2 Å². The van der Waals surface area contributed by atoms with Crippen molar-refractivity contribution in [1.29, 1.82) is 5.26 Å². The van der Waals surface area contributed by atoms with Crippen LogP contribution >= 0.6 is 11.6 Å². The summed E-state index contributed by atoms with van der Waals surface area (Å²) in [5.74, 6) is -3.06. The molecule has 0 aliphatic carbocycles. The van der Waals surface area contributed by atoms with E-state index in [-0.39, 0.29) is 33.8 Å². The van der Waals surface area contributed by atoms with Crippen LogP contribution in [0.3, 0.4) is 0 Å². The number of amides is 1. The third-order valence-electron chi connectivity index (χ3n) is 3.87. The van der Waals surface area contributed by atoms with Crippen LogP contribution in [0, 0.1) is 23.0 Å². The van der Waals surface area contributed by atoms with Gasteiger partial charge in [-0.1, -0.05) is 11.6 Å². The number of carbonyl (C=O) groups is 2. The zero-order valence-corrected chi connectivity index (χ0v) is 13.1. The molecule has 24 heavy (non-hydrogen) atoms. The second kappa shape index (κ2) is 5.69. The number of benzene rings is 2. The third kappa shape index (κ3) is 2.34. The van der Waals surface area contributed by atoms with Gasteiger partial charge in [0, 0.05) is 30.3 Å². The fraction of sp³-hybridized carbons (Fsp3) is 0.118. The van der Waals surface area contributed by atoms with Crippen molar-refractivity contribution in [3.05, 3.63) is 68.7 Å². The maximum absolute atomic E-state index is 14.5. The lowest BCUT2D eigenvalue weighted by molar-refractivity contribution is 0.0816. The molecule has 1 aliphatic rings. The van der Waals surface area contributed by atoms with Gasteiger partial charge in [0.2, 0.25) is 0 Å². The Kier molecular flexibility index (Phi) is 3.82. The van der Waals surface area contributed by atoms with Gasteiger partial charge in [-0.05, 0) is 24.3 Å². The average molecular weight is 347 g/mol. The quantitative estimate of drug-likeness (QED) is 0.784. The molecule has 2 aromatic rings. The molecule has 0 spiro atoms. The Hall–Kier alpha value is -2.78. The molecule has 0 saturated heterocycles. The molecule has 0 radical (unpaired) electrons. The molecule has 0 N–H and O–H groups in total. The van der Waals surface area contributed by atoms with Crippen LogP contribution in [0.2, 0.25) is 5.02 Å². The predicted octanol–water partition coefficient (Wildman–Crippen LogP) is 3.31. The normalized spacial score (nSPS) is 13.0. The van der Waals surface area contributed by atoms with Crippen LogP contribution in [0.5, 0.6) is 0 Å². The smallest absolute Gasteiger partial charge is 0.254 e. The Bertz CT molecular complexity index is 951. The van der Waals surface area contributed by atoms with Gasteiger partial charge in [0.25, 0.3) is 5.91 Å². The van der Waals surface area contributed by atoms with Crippen molar-refractivity contribution in [2.75, 3.05) is 7.05 Å². The summed E-state index contributed by atoms with van der Waals surface area (Å²) in [5, 5.41) is 9.34. The van der Waals surface area contributed by atoms with Gasteiger partial charge in [-0.2, -0.15) is 5.26 Å². The molecule has 3 rings (SSSR count). The summed E-state index contributed by atoms with van der Waals surface area (Å²) in [7, 11) is 1.51. The first-order valence-corrected chi connectivity index (χ1v) is 7.23. The van der Waals surface area contributed by atoms with E-state index in [1.165, 1.54) is 18.0 Å². The van der Waals surface area contributed by atoms with E-state index in [9.17, 15) is 23.6 Å². The highest BCUT2D eigenvalue weighted by Crippen LogP contribution is 2.31. The molecular weight excluding hydrogens is 338 g/mol. The molecule has 0 bridgehead atoms. The van der Waals surface area contributed by atoms with Crippen molar-refractivity contribution in [3.8, 4) is 6.07 Å². The molecule has 1 aliphatic heterocycles. The largest absolute Gasteiger partial charge is 0.337 e. The number of nitrogens with zero attached hydrogens (tertiary/aromatic N) is 2. The van der Waals surface area contributed by atoms with Gasteiger partial charge in [-0.25, -0.2) is 8.78 Å². The topological polar surface area (TPSA) is 61.2 Å². The van der Waals surface area contributed by atoms with E-state index >= 15 is 0 Å². The van der Waals surface area contributed by atoms with Crippen molar-refractivity contribution in [2.45, 2.75) is 6.54 Å². The van der Waals surface area contributed by atoms with Crippen molar-refractivity contribution < 1.29 is 18.4 Å². The summed E-state index contributed by atoms with van der Waals surface area (Å²) >= 11 is 5.90. The summed E-state index contributed by atoms with van der Waals surface area (Å²) in [4.78, 5) is 25.9. The summed E-state index contributed by atoms with van der Waals surface area (Å²) < 4.78 is 27.9. The third-order valence-corrected chi connectivity index (χ3v) is 4.20. The zero-order chi connectivity index (χ0) is 17.6. The molecule has 4 nitrogen and oxygen atoms in total. The lowest BCUT2D eigenvalue weighted by Crippen LogP contribution is -2.17. The van der Waals surface area contributed by atoms with Gasteiger partial charge in [0.05, 0.1) is 16.1 Å². The number of hydrogen-bond acceptors (Lipinski definition) is 3. The Balaban J connectivity index is 2.25. The van der Waals surface area contributed by atoms with Crippen molar-refractivity contribution in [3.63, 3.8) is 0 Å². The van der Waals surface area contributed by atoms with Crippen LogP contribution in [-0.4, -0.2) is 23.6 Å². The number of halogens is 3. The van der Waals surface area contributed by atoms with Gasteiger partial charge in [0.1, 0.15) is 17.7 Å². The van der Waals surface area contributed by atoms with Crippen molar-refractivity contribution in [2.24, 2.45) is 0 Å². The highest BCUT2D eigenvalue weighted by Gasteiger charge is 2.33. The molecule has 1 amide bonds. The minimum absolute atomic E-state index is 0.0495. The lowest BCUT2D eigenvalue weighted by atomic mass is 9.92. The van der Waals surface area contributed by atoms with E-state index in [2.05, 4.69) is 0 Å². The first kappa shape index (κ1) is 16.1. The van der Waals surface area contributed by atoms with E-state index in [1.54, 1.807) is 6.07 Å². The summed E-state index contributed by atoms with van der Waals surface area (Å²) in [5.41, 5.74) is -0.653. The maximum atomic E-state index is 14.5. The van der Waals surface area contributed by atoms with Gasteiger partial charge in [-0.15, -0.1) is 0 Å². The molecule has 2 aromatic carbocycles. The fourth-order valence-corrected chi connectivity index (χ4v) is 2.92. The number of ketones is 1. The first-order chi connectivity index (χ1) is 11.3. The second-order valence-electron chi connectivity index (χ2n) is 5.36. The van der Waals surface area contributed by atoms with Crippen LogP contribution in [0.15, 0.2) is 24.3 Å². The Labute approximate surface area is 140 Å². The van der Waals surface area contributed by atoms with E-state index in [1.807, 2.05) is 0 Å². The standard InChI is InChI=1S/C17H9ClF2N2O2/c1-22-7-12-9(17(22)24)5-14(20)15(11(12)6-21)16(23)10-4-8(19)2-3-13(10)18/h2-5H,7H2,1H3. The Morgan fingerprint density at radius 2 is 2.04 bits per heavy atom. The van der Waals surface area contributed by atoms with E-state index in [4.69, 9.17) is 11.6 Å². The van der Waals surface area contributed by atoms with Crippen LogP contribution in [0.25, 0.3) is 0 Å². The van der Waals surface area contributed by atoms with Gasteiger partial charge in [-0.3, -0.25) is 9.59 Å². The molecule has 1 heterocycles. The Morgan fingerprint density at radius 3 is 2.71 bits per heavy atom. The van der Waals surface area contributed by atoms with E-state index < -0.39 is 28.9 Å². The van der Waals surface area contributed by atoms with Crippen LogP contribution in [0.4, 0.5) is 8.78 Å². The molecule has 0 atom stereocenters. The highest BCUT2D eigenvalue weighted by molar-refractivity contribution is 6.35. The van der Waals surface area contributed by atoms with Crippen LogP contribution in [-0.2, 0) is 6.54 Å². The number of nitriles is 1. The van der Waals surface area contributed by atoms with Crippen LogP contribution in [0.1, 0.15) is 37.4 Å². The van der Waals surface area contributed by atoms with E-state index in [0.29, 0.717) is 0 Å². The number of fused-ring (bicyclic) bond motifs is 1. The summed E-state index contributed by atoms with van der Waals surface area (Å²) in [6.07, 6.45) is 0. The predicted molar refractivity (Wildman–Crippen MR) is 81.8 cm³/mol. The molecule has 120 valence electrons. The minimum atomic E-state index is -1.01. The van der Waals surface area contributed by atoms with Gasteiger partial charge >= 0.3 is 0 Å². The number of carbonyl (C=O) groups excluding carboxylic acids is 2. The SMILES string of the molecule is CN1Cc2c(cc(F)c(C(=O)c3cc(F)ccc3Cl)c2C#N)C1=O. The maximum Gasteiger partial charge on any atom is 0.254 e.